The summed E-state index contributed by atoms with van der Waals surface area (Å²) in [4.78, 5) is 7.79. The van der Waals surface area contributed by atoms with Gasteiger partial charge in [0.15, 0.2) is 0 Å². The van der Waals surface area contributed by atoms with Crippen molar-refractivity contribution >= 4 is 16.9 Å². The average molecular weight is 477 g/mol. The highest BCUT2D eigenvalue weighted by molar-refractivity contribution is 5.98. The molecule has 2 aromatic heterocycles. The van der Waals surface area contributed by atoms with Crippen LogP contribution < -0.4 is 10.5 Å². The van der Waals surface area contributed by atoms with Gasteiger partial charge in [-0.15, -0.1) is 5.10 Å². The number of aromatic nitrogens is 5. The second-order valence-electron chi connectivity index (χ2n) is 7.74. The number of aromatic amines is 1. The zero-order valence-electron chi connectivity index (χ0n) is 18.0. The van der Waals surface area contributed by atoms with Gasteiger partial charge in [-0.3, -0.25) is 5.41 Å². The Kier molecular flexibility index (Phi) is 5.44. The number of amidine groups is 1. The van der Waals surface area contributed by atoms with E-state index in [1.165, 1.54) is 16.8 Å². The smallest absolute Gasteiger partial charge is 0.416 e. The van der Waals surface area contributed by atoms with Gasteiger partial charge in [-0.2, -0.15) is 13.2 Å². The predicted octanol–water partition coefficient (Wildman–Crippen LogP) is 4.69. The lowest BCUT2D eigenvalue weighted by atomic mass is 10.2. The van der Waals surface area contributed by atoms with Crippen LogP contribution in [0.5, 0.6) is 5.75 Å². The van der Waals surface area contributed by atoms with E-state index in [0.29, 0.717) is 28.5 Å². The van der Waals surface area contributed by atoms with Crippen LogP contribution in [-0.2, 0) is 12.8 Å². The quantitative estimate of drug-likeness (QED) is 0.242. The van der Waals surface area contributed by atoms with Crippen LogP contribution in [0.3, 0.4) is 0 Å². The summed E-state index contributed by atoms with van der Waals surface area (Å²) in [5, 5.41) is 15.5. The number of hydrogen-bond acceptors (Lipinski definition) is 5. The predicted molar refractivity (Wildman–Crippen MR) is 123 cm³/mol. The molecule has 11 heteroatoms. The van der Waals surface area contributed by atoms with E-state index in [9.17, 15) is 13.2 Å². The first-order chi connectivity index (χ1) is 16.8. The lowest BCUT2D eigenvalue weighted by Crippen LogP contribution is -2.10. The van der Waals surface area contributed by atoms with Crippen LogP contribution in [0, 0.1) is 5.41 Å². The molecule has 35 heavy (non-hydrogen) atoms. The van der Waals surface area contributed by atoms with Crippen LogP contribution in [0.2, 0.25) is 0 Å². The van der Waals surface area contributed by atoms with E-state index in [1.54, 1.807) is 36.5 Å². The van der Waals surface area contributed by atoms with E-state index >= 15 is 0 Å². The summed E-state index contributed by atoms with van der Waals surface area (Å²) in [7, 11) is 0. The van der Waals surface area contributed by atoms with Crippen molar-refractivity contribution in [2.24, 2.45) is 5.73 Å². The summed E-state index contributed by atoms with van der Waals surface area (Å²) in [6.45, 7) is 0.137. The van der Waals surface area contributed by atoms with Gasteiger partial charge in [0.2, 0.25) is 0 Å². The van der Waals surface area contributed by atoms with Crippen LogP contribution in [0.15, 0.2) is 72.9 Å². The number of nitrogens with one attached hydrogen (secondary N) is 2. The lowest BCUT2D eigenvalue weighted by molar-refractivity contribution is -0.137. The molecule has 0 aliphatic rings. The third kappa shape index (κ3) is 4.69. The Bertz CT molecular complexity index is 1500. The normalized spacial score (nSPS) is 11.6. The van der Waals surface area contributed by atoms with E-state index in [1.807, 2.05) is 12.1 Å². The Labute approximate surface area is 196 Å². The van der Waals surface area contributed by atoms with Gasteiger partial charge in [-0.25, -0.2) is 9.67 Å². The molecule has 0 saturated heterocycles. The van der Waals surface area contributed by atoms with Gasteiger partial charge in [-0.05, 0) is 66.7 Å². The number of imidazole rings is 1. The Morgan fingerprint density at radius 3 is 2.46 bits per heavy atom. The van der Waals surface area contributed by atoms with Gasteiger partial charge in [0.1, 0.15) is 29.7 Å². The van der Waals surface area contributed by atoms with Crippen molar-refractivity contribution < 1.29 is 17.9 Å². The molecule has 0 fully saturated rings. The van der Waals surface area contributed by atoms with E-state index in [-0.39, 0.29) is 12.4 Å². The number of nitrogens with two attached hydrogens (primary N) is 1. The Hall–Kier alpha value is -4.67. The monoisotopic (exact) mass is 477 g/mol. The molecule has 0 radical (unpaired) electrons. The first kappa shape index (κ1) is 22.1. The summed E-state index contributed by atoms with van der Waals surface area (Å²) < 4.78 is 45.3. The van der Waals surface area contributed by atoms with Crippen LogP contribution in [0.4, 0.5) is 13.2 Å². The molecule has 5 rings (SSSR count). The number of rotatable bonds is 6. The average Bonchev–Trinajstić information content (AvgIpc) is 3.49. The van der Waals surface area contributed by atoms with Crippen molar-refractivity contribution in [1.82, 2.24) is 25.0 Å². The first-order valence-corrected chi connectivity index (χ1v) is 10.4. The number of H-pyrrole nitrogens is 1. The number of fused-ring (bicyclic) bond motifs is 1. The number of nitrogens with zero attached hydrogens (tertiary/aromatic N) is 4. The lowest BCUT2D eigenvalue weighted by Gasteiger charge is -2.07. The topological polar surface area (TPSA) is 118 Å². The van der Waals surface area contributed by atoms with Crippen LogP contribution in [-0.4, -0.2) is 30.8 Å². The van der Waals surface area contributed by atoms with E-state index in [2.05, 4.69) is 20.3 Å². The fourth-order valence-electron chi connectivity index (χ4n) is 3.47. The largest absolute Gasteiger partial charge is 0.487 e. The molecular weight excluding hydrogens is 459 g/mol. The number of hydrogen-bond donors (Lipinski definition) is 3. The Morgan fingerprint density at radius 2 is 1.77 bits per heavy atom. The zero-order chi connectivity index (χ0) is 24.6. The number of halogens is 3. The van der Waals surface area contributed by atoms with Crippen molar-refractivity contribution in [3.05, 3.63) is 89.7 Å². The Morgan fingerprint density at radius 1 is 1.03 bits per heavy atom. The van der Waals surface area contributed by atoms with Crippen LogP contribution in [0.1, 0.15) is 16.8 Å². The molecule has 0 spiro atoms. The minimum absolute atomic E-state index is 0.0102. The second kappa shape index (κ2) is 8.60. The highest BCUT2D eigenvalue weighted by Gasteiger charge is 2.30. The molecule has 5 aromatic rings. The van der Waals surface area contributed by atoms with Gasteiger partial charge in [0.05, 0.1) is 28.5 Å². The van der Waals surface area contributed by atoms with Gasteiger partial charge >= 0.3 is 6.18 Å². The summed E-state index contributed by atoms with van der Waals surface area (Å²) in [5.74, 6) is 1.27. The fourth-order valence-corrected chi connectivity index (χ4v) is 3.47. The van der Waals surface area contributed by atoms with Gasteiger partial charge < -0.3 is 15.5 Å². The minimum Gasteiger partial charge on any atom is -0.487 e. The molecule has 0 aliphatic carbocycles. The summed E-state index contributed by atoms with van der Waals surface area (Å²) in [6.07, 6.45) is -2.79. The molecule has 0 bridgehead atoms. The zero-order valence-corrected chi connectivity index (χ0v) is 18.0. The molecule has 0 atom stereocenters. The first-order valence-electron chi connectivity index (χ1n) is 10.4. The van der Waals surface area contributed by atoms with Crippen molar-refractivity contribution in [3.8, 4) is 22.8 Å². The summed E-state index contributed by atoms with van der Waals surface area (Å²) >= 11 is 0. The maximum absolute atomic E-state index is 12.7. The number of ether oxygens (including phenoxy) is 1. The third-order valence-electron chi connectivity index (χ3n) is 5.31. The van der Waals surface area contributed by atoms with Gasteiger partial charge in [-0.1, -0.05) is 5.21 Å². The van der Waals surface area contributed by atoms with Crippen molar-refractivity contribution in [1.29, 1.82) is 5.41 Å². The molecule has 0 saturated carbocycles. The van der Waals surface area contributed by atoms with Crippen LogP contribution >= 0.6 is 0 Å². The third-order valence-corrected chi connectivity index (χ3v) is 5.31. The molecule has 3 aromatic carbocycles. The van der Waals surface area contributed by atoms with Crippen molar-refractivity contribution in [3.63, 3.8) is 0 Å². The fraction of sp³-hybridized carbons (Fsp3) is 0.0833. The van der Waals surface area contributed by atoms with Gasteiger partial charge in [0.25, 0.3) is 0 Å². The van der Waals surface area contributed by atoms with Crippen LogP contribution in [0.25, 0.3) is 28.1 Å². The molecular formula is C24H18F3N7O. The maximum atomic E-state index is 12.7. The number of nitrogen functional groups attached to an aromatic ring is 1. The van der Waals surface area contributed by atoms with Gasteiger partial charge in [0, 0.05) is 11.1 Å². The highest BCUT2D eigenvalue weighted by Crippen LogP contribution is 2.29. The maximum Gasteiger partial charge on any atom is 0.416 e. The summed E-state index contributed by atoms with van der Waals surface area (Å²) in [5.41, 5.74) is 8.82. The van der Waals surface area contributed by atoms with E-state index in [0.717, 1.165) is 28.7 Å². The van der Waals surface area contributed by atoms with E-state index < -0.39 is 11.7 Å². The molecule has 2 heterocycles. The molecule has 176 valence electrons. The Balaban J connectivity index is 1.24. The number of alkyl halides is 3. The van der Waals surface area contributed by atoms with Crippen molar-refractivity contribution in [2.75, 3.05) is 0 Å². The highest BCUT2D eigenvalue weighted by atomic mass is 19.4. The van der Waals surface area contributed by atoms with Crippen molar-refractivity contribution in [2.45, 2.75) is 12.8 Å². The second-order valence-corrected chi connectivity index (χ2v) is 7.74. The standard InChI is InChI=1S/C24H18F3N7O/c25-24(26,27)16-4-6-18(7-5-16)34-12-17(32-33-34)13-35-19-8-1-14(2-9-19)23-30-20-10-3-15(22(28)29)11-21(20)31-23/h1-12H,13H2,(H3,28,29)(H,30,31). The molecule has 0 aliphatic heterocycles. The minimum atomic E-state index is -4.39. The summed E-state index contributed by atoms with van der Waals surface area (Å²) in [6, 6.07) is 17.3. The molecule has 8 nitrogen and oxygen atoms in total. The SMILES string of the molecule is N=C(N)c1ccc2nc(-c3ccc(OCc4cn(-c5ccc(C(F)(F)F)cc5)nn4)cc3)[nH]c2c1. The molecule has 0 amide bonds. The van der Waals surface area contributed by atoms with E-state index in [4.69, 9.17) is 15.9 Å². The molecule has 0 unspecified atom stereocenters. The molecule has 4 N–H and O–H groups in total. The number of benzene rings is 3.